The molecule has 0 aromatic rings. The van der Waals surface area contributed by atoms with Crippen LogP contribution in [-0.4, -0.2) is 12.0 Å². The monoisotopic (exact) mass is 208 g/mol. The van der Waals surface area contributed by atoms with E-state index in [-0.39, 0.29) is 6.42 Å². The molecule has 4 heteroatoms. The van der Waals surface area contributed by atoms with Crippen molar-refractivity contribution in [2.45, 2.75) is 51.6 Å². The molecule has 1 aliphatic rings. The predicted octanol–water partition coefficient (Wildman–Crippen LogP) is 3.48. The topological polar surface area (TPSA) is 17.1 Å². The Morgan fingerprint density at radius 2 is 1.71 bits per heavy atom. The van der Waals surface area contributed by atoms with Crippen LogP contribution in [0.1, 0.15) is 45.4 Å². The van der Waals surface area contributed by atoms with Crippen molar-refractivity contribution in [3.8, 4) is 0 Å². The zero-order valence-corrected chi connectivity index (χ0v) is 8.28. The lowest BCUT2D eigenvalue weighted by molar-refractivity contribution is -0.173. The number of Topliss-reactive ketones (excluding diaryl/α,β-unsaturated/α-hetero) is 1. The van der Waals surface area contributed by atoms with Crippen LogP contribution in [0.2, 0.25) is 0 Å². The van der Waals surface area contributed by atoms with Crippen molar-refractivity contribution in [3.63, 3.8) is 0 Å². The molecule has 1 saturated carbocycles. The third-order valence-electron chi connectivity index (χ3n) is 2.96. The number of halogens is 3. The normalized spacial score (nSPS) is 22.0. The van der Waals surface area contributed by atoms with Gasteiger partial charge >= 0.3 is 6.18 Å². The Hall–Kier alpha value is -0.540. The van der Waals surface area contributed by atoms with Gasteiger partial charge in [0.2, 0.25) is 5.78 Å². The summed E-state index contributed by atoms with van der Waals surface area (Å²) in [7, 11) is 0. The lowest BCUT2D eigenvalue weighted by Crippen LogP contribution is -2.31. The van der Waals surface area contributed by atoms with E-state index in [2.05, 4.69) is 0 Å². The molecule has 0 unspecified atom stereocenters. The molecule has 0 aliphatic heterocycles. The number of carbonyl (C=O) groups is 1. The molecule has 0 radical (unpaired) electrons. The van der Waals surface area contributed by atoms with E-state index >= 15 is 0 Å². The fourth-order valence-corrected chi connectivity index (χ4v) is 2.07. The van der Waals surface area contributed by atoms with Crippen molar-refractivity contribution in [1.82, 2.24) is 0 Å². The van der Waals surface area contributed by atoms with Gasteiger partial charge in [-0.05, 0) is 18.3 Å². The van der Waals surface area contributed by atoms with Gasteiger partial charge < -0.3 is 0 Å². The molecule has 1 rings (SSSR count). The highest BCUT2D eigenvalue weighted by Crippen LogP contribution is 2.40. The molecule has 0 spiro atoms. The number of ketones is 1. The summed E-state index contributed by atoms with van der Waals surface area (Å²) >= 11 is 0. The molecule has 0 atom stereocenters. The van der Waals surface area contributed by atoms with Crippen LogP contribution in [0.15, 0.2) is 0 Å². The van der Waals surface area contributed by atoms with Crippen LogP contribution in [0, 0.1) is 5.41 Å². The van der Waals surface area contributed by atoms with Crippen molar-refractivity contribution in [2.75, 3.05) is 0 Å². The third-order valence-corrected chi connectivity index (χ3v) is 2.96. The Balaban J connectivity index is 2.54. The number of hydrogen-bond acceptors (Lipinski definition) is 1. The van der Waals surface area contributed by atoms with E-state index in [1.165, 1.54) is 0 Å². The Bertz CT molecular complexity index is 214. The quantitative estimate of drug-likeness (QED) is 0.679. The molecule has 0 aromatic heterocycles. The summed E-state index contributed by atoms with van der Waals surface area (Å²) in [6, 6.07) is 0. The summed E-state index contributed by atoms with van der Waals surface area (Å²) in [5, 5.41) is 0. The van der Waals surface area contributed by atoms with Gasteiger partial charge in [0.25, 0.3) is 0 Å². The highest BCUT2D eigenvalue weighted by molar-refractivity contribution is 5.84. The van der Waals surface area contributed by atoms with Gasteiger partial charge in [0.15, 0.2) is 0 Å². The highest BCUT2D eigenvalue weighted by atomic mass is 19.4. The zero-order chi connectivity index (χ0) is 10.8. The van der Waals surface area contributed by atoms with Gasteiger partial charge in [-0.15, -0.1) is 0 Å². The molecule has 0 amide bonds. The molecule has 14 heavy (non-hydrogen) atoms. The maximum atomic E-state index is 12.0. The van der Waals surface area contributed by atoms with E-state index in [0.29, 0.717) is 0 Å². The van der Waals surface area contributed by atoms with Crippen molar-refractivity contribution < 1.29 is 18.0 Å². The molecule has 1 aliphatic carbocycles. The molecule has 0 saturated heterocycles. The van der Waals surface area contributed by atoms with E-state index < -0.39 is 17.4 Å². The second kappa shape index (κ2) is 3.91. The molecular formula is C10H15F3O. The molecule has 0 bridgehead atoms. The standard InChI is InChI=1S/C10H15F3O/c1-9(5-3-2-4-6-9)7-8(14)10(11,12)13/h2-7H2,1H3. The average Bonchev–Trinajstić information content (AvgIpc) is 2.02. The third kappa shape index (κ3) is 3.00. The maximum Gasteiger partial charge on any atom is 0.449 e. The Kier molecular flexibility index (Phi) is 3.22. The van der Waals surface area contributed by atoms with Gasteiger partial charge in [0.1, 0.15) is 0 Å². The van der Waals surface area contributed by atoms with E-state index in [0.717, 1.165) is 32.1 Å². The second-order valence-electron chi connectivity index (χ2n) is 4.47. The minimum Gasteiger partial charge on any atom is -0.290 e. The number of hydrogen-bond donors (Lipinski definition) is 0. The fourth-order valence-electron chi connectivity index (χ4n) is 2.07. The van der Waals surface area contributed by atoms with Crippen LogP contribution in [0.3, 0.4) is 0 Å². The largest absolute Gasteiger partial charge is 0.449 e. The number of carbonyl (C=O) groups excluding carboxylic acids is 1. The molecule has 0 heterocycles. The fraction of sp³-hybridized carbons (Fsp3) is 0.900. The van der Waals surface area contributed by atoms with E-state index in [4.69, 9.17) is 0 Å². The molecular weight excluding hydrogens is 193 g/mol. The SMILES string of the molecule is CC1(CC(=O)C(F)(F)F)CCCCC1. The minimum absolute atomic E-state index is 0.337. The Labute approximate surface area is 81.7 Å². The number of rotatable bonds is 2. The van der Waals surface area contributed by atoms with Crippen LogP contribution >= 0.6 is 0 Å². The maximum absolute atomic E-state index is 12.0. The van der Waals surface area contributed by atoms with Gasteiger partial charge in [0.05, 0.1) is 0 Å². The van der Waals surface area contributed by atoms with Gasteiger partial charge in [-0.3, -0.25) is 4.79 Å². The summed E-state index contributed by atoms with van der Waals surface area (Å²) in [6.45, 7) is 1.79. The lowest BCUT2D eigenvalue weighted by atomic mass is 9.72. The number of alkyl halides is 3. The van der Waals surface area contributed by atoms with E-state index in [9.17, 15) is 18.0 Å². The van der Waals surface area contributed by atoms with E-state index in [1.807, 2.05) is 0 Å². The Morgan fingerprint density at radius 3 is 2.14 bits per heavy atom. The average molecular weight is 208 g/mol. The summed E-state index contributed by atoms with van der Waals surface area (Å²) in [5.41, 5.74) is -0.412. The Morgan fingerprint density at radius 1 is 1.21 bits per heavy atom. The molecule has 1 fully saturated rings. The predicted molar refractivity (Wildman–Crippen MR) is 46.9 cm³/mol. The van der Waals surface area contributed by atoms with Gasteiger partial charge in [-0.2, -0.15) is 13.2 Å². The zero-order valence-electron chi connectivity index (χ0n) is 8.28. The van der Waals surface area contributed by atoms with Crippen LogP contribution in [-0.2, 0) is 4.79 Å². The summed E-state index contributed by atoms with van der Waals surface area (Å²) in [6.07, 6.45) is -0.528. The van der Waals surface area contributed by atoms with Gasteiger partial charge in [-0.25, -0.2) is 0 Å². The van der Waals surface area contributed by atoms with Crippen molar-refractivity contribution in [2.24, 2.45) is 5.41 Å². The van der Waals surface area contributed by atoms with Crippen LogP contribution in [0.5, 0.6) is 0 Å². The van der Waals surface area contributed by atoms with Crippen molar-refractivity contribution >= 4 is 5.78 Å². The first kappa shape index (κ1) is 11.5. The van der Waals surface area contributed by atoms with Crippen molar-refractivity contribution in [1.29, 1.82) is 0 Å². The second-order valence-corrected chi connectivity index (χ2v) is 4.47. The first-order chi connectivity index (χ1) is 6.33. The molecule has 0 aromatic carbocycles. The van der Waals surface area contributed by atoms with Gasteiger partial charge in [-0.1, -0.05) is 26.2 Å². The van der Waals surface area contributed by atoms with Crippen LogP contribution in [0.25, 0.3) is 0 Å². The van der Waals surface area contributed by atoms with Crippen molar-refractivity contribution in [3.05, 3.63) is 0 Å². The molecule has 1 nitrogen and oxygen atoms in total. The van der Waals surface area contributed by atoms with E-state index in [1.54, 1.807) is 6.92 Å². The van der Waals surface area contributed by atoms with Crippen LogP contribution < -0.4 is 0 Å². The van der Waals surface area contributed by atoms with Gasteiger partial charge in [0, 0.05) is 6.42 Å². The smallest absolute Gasteiger partial charge is 0.290 e. The van der Waals surface area contributed by atoms with Crippen LogP contribution in [0.4, 0.5) is 13.2 Å². The summed E-state index contributed by atoms with van der Waals surface area (Å²) in [5.74, 6) is -1.57. The lowest BCUT2D eigenvalue weighted by Gasteiger charge is -2.33. The highest BCUT2D eigenvalue weighted by Gasteiger charge is 2.42. The molecule has 82 valence electrons. The first-order valence-corrected chi connectivity index (χ1v) is 4.94. The first-order valence-electron chi connectivity index (χ1n) is 4.94. The summed E-state index contributed by atoms with van der Waals surface area (Å²) < 4.78 is 36.1. The summed E-state index contributed by atoms with van der Waals surface area (Å²) in [4.78, 5) is 10.8. The minimum atomic E-state index is -4.65. The molecule has 0 N–H and O–H groups in total.